The summed E-state index contributed by atoms with van der Waals surface area (Å²) in [7, 11) is 0. The summed E-state index contributed by atoms with van der Waals surface area (Å²) in [4.78, 5) is 24.7. The van der Waals surface area contributed by atoms with E-state index in [1.807, 2.05) is 60.0 Å². The maximum atomic E-state index is 12.4. The summed E-state index contributed by atoms with van der Waals surface area (Å²) < 4.78 is 2.80. The summed E-state index contributed by atoms with van der Waals surface area (Å²) in [6.45, 7) is 2.15. The van der Waals surface area contributed by atoms with Crippen LogP contribution in [-0.4, -0.2) is 16.3 Å². The number of rotatable bonds is 6. The van der Waals surface area contributed by atoms with Gasteiger partial charge in [0, 0.05) is 39.2 Å². The van der Waals surface area contributed by atoms with Crippen LogP contribution in [0.25, 0.3) is 10.9 Å². The molecule has 1 amide bonds. The van der Waals surface area contributed by atoms with Gasteiger partial charge in [-0.3, -0.25) is 9.59 Å². The minimum absolute atomic E-state index is 0.116. The fourth-order valence-electron chi connectivity index (χ4n) is 2.85. The lowest BCUT2D eigenvalue weighted by molar-refractivity contribution is -0.116. The molecule has 0 saturated heterocycles. The number of hydrogen-bond donors (Lipinski definition) is 1. The standard InChI is InChI=1S/C20H19BrN2O2/c1-2-5-19(24)17-12-23(18-7-4-3-6-16(17)18)13-20(25)22-15-10-8-14(21)9-11-15/h3-4,6-12H,2,5,13H2,1H3,(H,22,25). The Morgan fingerprint density at radius 2 is 1.80 bits per heavy atom. The number of ketones is 1. The first-order valence-corrected chi connectivity index (χ1v) is 9.04. The molecule has 2 aromatic carbocycles. The van der Waals surface area contributed by atoms with Crippen LogP contribution >= 0.6 is 15.9 Å². The average molecular weight is 399 g/mol. The molecule has 5 heteroatoms. The third kappa shape index (κ3) is 3.99. The summed E-state index contributed by atoms with van der Waals surface area (Å²) >= 11 is 3.37. The quantitative estimate of drug-likeness (QED) is 0.592. The van der Waals surface area contributed by atoms with Gasteiger partial charge in [-0.2, -0.15) is 0 Å². The third-order valence-electron chi connectivity index (χ3n) is 4.01. The van der Waals surface area contributed by atoms with Crippen molar-refractivity contribution in [1.82, 2.24) is 4.57 Å². The maximum Gasteiger partial charge on any atom is 0.244 e. The second-order valence-electron chi connectivity index (χ2n) is 5.92. The topological polar surface area (TPSA) is 51.1 Å². The molecule has 4 nitrogen and oxygen atoms in total. The average Bonchev–Trinajstić information content (AvgIpc) is 2.96. The van der Waals surface area contributed by atoms with Crippen LogP contribution in [0.4, 0.5) is 5.69 Å². The number of hydrogen-bond acceptors (Lipinski definition) is 2. The zero-order valence-electron chi connectivity index (χ0n) is 14.0. The maximum absolute atomic E-state index is 12.4. The van der Waals surface area contributed by atoms with Crippen LogP contribution in [-0.2, 0) is 11.3 Å². The van der Waals surface area contributed by atoms with Crippen LogP contribution in [0.3, 0.4) is 0 Å². The second-order valence-corrected chi connectivity index (χ2v) is 6.83. The van der Waals surface area contributed by atoms with Gasteiger partial charge >= 0.3 is 0 Å². The first kappa shape index (κ1) is 17.4. The van der Waals surface area contributed by atoms with Crippen LogP contribution in [0.15, 0.2) is 59.2 Å². The van der Waals surface area contributed by atoms with Crippen molar-refractivity contribution in [1.29, 1.82) is 0 Å². The molecule has 0 atom stereocenters. The van der Waals surface area contributed by atoms with E-state index in [1.54, 1.807) is 6.20 Å². The van der Waals surface area contributed by atoms with Crippen molar-refractivity contribution in [2.75, 3.05) is 5.32 Å². The van der Waals surface area contributed by atoms with Crippen LogP contribution in [0.1, 0.15) is 30.1 Å². The summed E-state index contributed by atoms with van der Waals surface area (Å²) in [5.74, 6) is -0.0108. The lowest BCUT2D eigenvalue weighted by Crippen LogP contribution is -2.18. The van der Waals surface area contributed by atoms with Gasteiger partial charge in [-0.05, 0) is 36.8 Å². The molecule has 3 aromatic rings. The number of para-hydroxylation sites is 1. The van der Waals surface area contributed by atoms with Crippen LogP contribution in [0.2, 0.25) is 0 Å². The fraction of sp³-hybridized carbons (Fsp3) is 0.200. The van der Waals surface area contributed by atoms with Gasteiger partial charge in [0.2, 0.25) is 5.91 Å². The Balaban J connectivity index is 1.84. The number of halogens is 1. The fourth-order valence-corrected chi connectivity index (χ4v) is 3.11. The van der Waals surface area contributed by atoms with E-state index in [0.717, 1.165) is 27.5 Å². The molecule has 25 heavy (non-hydrogen) atoms. The minimum Gasteiger partial charge on any atom is -0.337 e. The molecule has 0 spiro atoms. The molecule has 0 fully saturated rings. The molecule has 0 bridgehead atoms. The Labute approximate surface area is 155 Å². The van der Waals surface area contributed by atoms with Gasteiger partial charge in [-0.25, -0.2) is 0 Å². The van der Waals surface area contributed by atoms with Gasteiger partial charge in [-0.15, -0.1) is 0 Å². The van der Waals surface area contributed by atoms with Crippen molar-refractivity contribution in [3.63, 3.8) is 0 Å². The first-order valence-electron chi connectivity index (χ1n) is 8.25. The molecule has 1 heterocycles. The molecule has 0 aliphatic heterocycles. The second kappa shape index (κ2) is 7.66. The number of carbonyl (C=O) groups is 2. The van der Waals surface area contributed by atoms with E-state index in [0.29, 0.717) is 12.0 Å². The van der Waals surface area contributed by atoms with Gasteiger partial charge in [0.05, 0.1) is 0 Å². The molecule has 1 N–H and O–H groups in total. The van der Waals surface area contributed by atoms with E-state index in [4.69, 9.17) is 0 Å². The predicted molar refractivity (Wildman–Crippen MR) is 104 cm³/mol. The van der Waals surface area contributed by atoms with Gasteiger partial charge < -0.3 is 9.88 Å². The van der Waals surface area contributed by atoms with Gasteiger partial charge in [0.15, 0.2) is 5.78 Å². The van der Waals surface area contributed by atoms with Gasteiger partial charge in [0.1, 0.15) is 6.54 Å². The van der Waals surface area contributed by atoms with E-state index < -0.39 is 0 Å². The van der Waals surface area contributed by atoms with Crippen molar-refractivity contribution in [3.8, 4) is 0 Å². The third-order valence-corrected chi connectivity index (χ3v) is 4.54. The SMILES string of the molecule is CCCC(=O)c1cn(CC(=O)Nc2ccc(Br)cc2)c2ccccc12. The molecular formula is C20H19BrN2O2. The zero-order valence-corrected chi connectivity index (χ0v) is 15.5. The summed E-state index contributed by atoms with van der Waals surface area (Å²) in [5.41, 5.74) is 2.33. The van der Waals surface area contributed by atoms with Crippen LogP contribution in [0, 0.1) is 0 Å². The van der Waals surface area contributed by atoms with Crippen molar-refractivity contribution in [2.24, 2.45) is 0 Å². The largest absolute Gasteiger partial charge is 0.337 e. The van der Waals surface area contributed by atoms with Crippen molar-refractivity contribution in [2.45, 2.75) is 26.3 Å². The predicted octanol–water partition coefficient (Wildman–Crippen LogP) is 5.03. The lowest BCUT2D eigenvalue weighted by Gasteiger charge is -2.07. The molecular weight excluding hydrogens is 380 g/mol. The van der Waals surface area contributed by atoms with Crippen molar-refractivity contribution < 1.29 is 9.59 Å². The Bertz CT molecular complexity index is 913. The van der Waals surface area contributed by atoms with E-state index >= 15 is 0 Å². The minimum atomic E-state index is -0.127. The highest BCUT2D eigenvalue weighted by atomic mass is 79.9. The number of nitrogens with one attached hydrogen (secondary N) is 1. The molecule has 0 aliphatic carbocycles. The number of amides is 1. The number of nitrogens with zero attached hydrogens (tertiary/aromatic N) is 1. The first-order chi connectivity index (χ1) is 12.1. The van der Waals surface area contributed by atoms with Gasteiger partial charge in [0.25, 0.3) is 0 Å². The lowest BCUT2D eigenvalue weighted by atomic mass is 10.1. The summed E-state index contributed by atoms with van der Waals surface area (Å²) in [6, 6.07) is 15.1. The monoisotopic (exact) mass is 398 g/mol. The Morgan fingerprint density at radius 1 is 1.08 bits per heavy atom. The molecule has 0 aliphatic rings. The van der Waals surface area contributed by atoms with E-state index in [2.05, 4.69) is 21.2 Å². The molecule has 0 unspecified atom stereocenters. The molecule has 0 saturated carbocycles. The zero-order chi connectivity index (χ0) is 17.8. The number of anilines is 1. The number of aromatic nitrogens is 1. The molecule has 3 rings (SSSR count). The number of Topliss-reactive ketones (excluding diaryl/α,β-unsaturated/α-hetero) is 1. The van der Waals surface area contributed by atoms with E-state index in [1.165, 1.54) is 0 Å². The highest BCUT2D eigenvalue weighted by molar-refractivity contribution is 9.10. The smallest absolute Gasteiger partial charge is 0.244 e. The van der Waals surface area contributed by atoms with E-state index in [-0.39, 0.29) is 18.2 Å². The highest BCUT2D eigenvalue weighted by Crippen LogP contribution is 2.23. The number of carbonyl (C=O) groups excluding carboxylic acids is 2. The van der Waals surface area contributed by atoms with Crippen LogP contribution < -0.4 is 5.32 Å². The Morgan fingerprint density at radius 3 is 2.52 bits per heavy atom. The number of fused-ring (bicyclic) bond motifs is 1. The number of benzene rings is 2. The van der Waals surface area contributed by atoms with Crippen molar-refractivity contribution >= 4 is 44.2 Å². The summed E-state index contributed by atoms with van der Waals surface area (Å²) in [6.07, 6.45) is 3.12. The normalized spacial score (nSPS) is 10.8. The van der Waals surface area contributed by atoms with Crippen molar-refractivity contribution in [3.05, 3.63) is 64.8 Å². The molecule has 0 radical (unpaired) electrons. The highest BCUT2D eigenvalue weighted by Gasteiger charge is 2.15. The Hall–Kier alpha value is -2.40. The molecule has 128 valence electrons. The summed E-state index contributed by atoms with van der Waals surface area (Å²) in [5, 5.41) is 3.78. The Kier molecular flexibility index (Phi) is 5.34. The molecule has 1 aromatic heterocycles. The van der Waals surface area contributed by atoms with E-state index in [9.17, 15) is 9.59 Å². The van der Waals surface area contributed by atoms with Crippen LogP contribution in [0.5, 0.6) is 0 Å². The van der Waals surface area contributed by atoms with Gasteiger partial charge in [-0.1, -0.05) is 41.1 Å².